The Morgan fingerprint density at radius 2 is 2.14 bits per heavy atom. The van der Waals surface area contributed by atoms with Crippen LogP contribution in [0, 0.1) is 17.0 Å². The van der Waals surface area contributed by atoms with Crippen LogP contribution in [0.15, 0.2) is 36.5 Å². The summed E-state index contributed by atoms with van der Waals surface area (Å²) < 4.78 is 2.02. The molecule has 7 heteroatoms. The molecule has 0 radical (unpaired) electrons. The van der Waals surface area contributed by atoms with Gasteiger partial charge in [0.2, 0.25) is 0 Å². The zero-order valence-electron chi connectivity index (χ0n) is 12.3. The zero-order chi connectivity index (χ0) is 15.7. The minimum atomic E-state index is -0.468. The van der Waals surface area contributed by atoms with E-state index >= 15 is 0 Å². The SMILES string of the molecule is Cc1ccc2c(c1)nc(CNc1ccc([N+](=O)[O-])cn1)n2C. The molecule has 2 aromatic heterocycles. The molecular weight excluding hydrogens is 282 g/mol. The van der Waals surface area contributed by atoms with Crippen LogP contribution in [0.5, 0.6) is 0 Å². The molecule has 112 valence electrons. The minimum absolute atomic E-state index is 0.0243. The lowest BCUT2D eigenvalue weighted by Gasteiger charge is -2.05. The van der Waals surface area contributed by atoms with E-state index in [1.165, 1.54) is 17.8 Å². The number of fused-ring (bicyclic) bond motifs is 1. The second-order valence-electron chi connectivity index (χ2n) is 5.09. The molecule has 0 aliphatic carbocycles. The first kappa shape index (κ1) is 14.0. The normalized spacial score (nSPS) is 10.8. The van der Waals surface area contributed by atoms with E-state index in [0.29, 0.717) is 12.4 Å². The van der Waals surface area contributed by atoms with E-state index in [1.807, 2.05) is 30.7 Å². The fourth-order valence-corrected chi connectivity index (χ4v) is 2.29. The van der Waals surface area contributed by atoms with Gasteiger partial charge in [-0.1, -0.05) is 6.07 Å². The molecule has 0 aliphatic heterocycles. The van der Waals surface area contributed by atoms with Crippen molar-refractivity contribution in [3.8, 4) is 0 Å². The van der Waals surface area contributed by atoms with Gasteiger partial charge in [-0.2, -0.15) is 0 Å². The van der Waals surface area contributed by atoms with Crippen molar-refractivity contribution in [3.63, 3.8) is 0 Å². The van der Waals surface area contributed by atoms with Crippen LogP contribution in [0.2, 0.25) is 0 Å². The van der Waals surface area contributed by atoms with Crippen LogP contribution in [0.4, 0.5) is 11.5 Å². The molecule has 1 N–H and O–H groups in total. The van der Waals surface area contributed by atoms with Crippen molar-refractivity contribution < 1.29 is 4.92 Å². The number of imidazole rings is 1. The molecular formula is C15H15N5O2. The molecule has 0 amide bonds. The monoisotopic (exact) mass is 297 g/mol. The summed E-state index contributed by atoms with van der Waals surface area (Å²) in [5.41, 5.74) is 3.17. The number of nitrogens with one attached hydrogen (secondary N) is 1. The molecule has 0 unspecified atom stereocenters. The third kappa shape index (κ3) is 2.60. The van der Waals surface area contributed by atoms with Crippen molar-refractivity contribution in [2.75, 3.05) is 5.32 Å². The van der Waals surface area contributed by atoms with E-state index in [2.05, 4.69) is 21.4 Å². The zero-order valence-corrected chi connectivity index (χ0v) is 12.3. The molecule has 0 aliphatic rings. The van der Waals surface area contributed by atoms with Crippen molar-refractivity contribution >= 4 is 22.5 Å². The third-order valence-corrected chi connectivity index (χ3v) is 3.52. The number of hydrogen-bond donors (Lipinski definition) is 1. The standard InChI is InChI=1S/C15H15N5O2/c1-10-3-5-13-12(7-10)18-15(19(13)2)9-17-14-6-4-11(8-16-14)20(21)22/h3-8H,9H2,1-2H3,(H,16,17). The Morgan fingerprint density at radius 1 is 1.32 bits per heavy atom. The highest BCUT2D eigenvalue weighted by molar-refractivity contribution is 5.76. The number of nitro groups is 1. The van der Waals surface area contributed by atoms with Crippen molar-refractivity contribution in [1.82, 2.24) is 14.5 Å². The third-order valence-electron chi connectivity index (χ3n) is 3.52. The first-order chi connectivity index (χ1) is 10.5. The van der Waals surface area contributed by atoms with Crippen LogP contribution in [-0.2, 0) is 13.6 Å². The van der Waals surface area contributed by atoms with Crippen molar-refractivity contribution in [3.05, 3.63) is 58.0 Å². The number of aryl methyl sites for hydroxylation is 2. The van der Waals surface area contributed by atoms with Gasteiger partial charge in [-0.25, -0.2) is 9.97 Å². The summed E-state index contributed by atoms with van der Waals surface area (Å²) in [5, 5.41) is 13.7. The van der Waals surface area contributed by atoms with Gasteiger partial charge >= 0.3 is 0 Å². The average molecular weight is 297 g/mol. The first-order valence-electron chi connectivity index (χ1n) is 6.81. The largest absolute Gasteiger partial charge is 0.363 e. The lowest BCUT2D eigenvalue weighted by atomic mass is 10.2. The molecule has 3 aromatic rings. The Balaban J connectivity index is 1.78. The number of pyridine rings is 1. The molecule has 1 aromatic carbocycles. The van der Waals surface area contributed by atoms with E-state index in [0.717, 1.165) is 16.9 Å². The van der Waals surface area contributed by atoms with Gasteiger partial charge in [0.25, 0.3) is 5.69 Å². The van der Waals surface area contributed by atoms with E-state index in [9.17, 15) is 10.1 Å². The van der Waals surface area contributed by atoms with Gasteiger partial charge in [-0.15, -0.1) is 0 Å². The smallest absolute Gasteiger partial charge is 0.287 e. The number of aromatic nitrogens is 3. The summed E-state index contributed by atoms with van der Waals surface area (Å²) in [6, 6.07) is 9.16. The highest BCUT2D eigenvalue weighted by Gasteiger charge is 2.09. The van der Waals surface area contributed by atoms with Crippen LogP contribution >= 0.6 is 0 Å². The van der Waals surface area contributed by atoms with Crippen LogP contribution in [0.25, 0.3) is 11.0 Å². The quantitative estimate of drug-likeness (QED) is 0.591. The molecule has 2 heterocycles. The maximum absolute atomic E-state index is 10.6. The first-order valence-corrected chi connectivity index (χ1v) is 6.81. The Hall–Kier alpha value is -2.96. The summed E-state index contributed by atoms with van der Waals surface area (Å²) in [4.78, 5) is 18.7. The Labute approximate surface area is 126 Å². The average Bonchev–Trinajstić information content (AvgIpc) is 2.81. The predicted molar refractivity (Wildman–Crippen MR) is 83.7 cm³/mol. The molecule has 3 rings (SSSR count). The number of nitrogens with zero attached hydrogens (tertiary/aromatic N) is 4. The Kier molecular flexibility index (Phi) is 3.46. The summed E-state index contributed by atoms with van der Waals surface area (Å²) in [6.45, 7) is 2.53. The highest BCUT2D eigenvalue weighted by atomic mass is 16.6. The summed E-state index contributed by atoms with van der Waals surface area (Å²) in [5.74, 6) is 1.45. The molecule has 0 bridgehead atoms. The number of anilines is 1. The topological polar surface area (TPSA) is 85.9 Å². The molecule has 0 saturated heterocycles. The maximum atomic E-state index is 10.6. The molecule has 0 saturated carbocycles. The van der Waals surface area contributed by atoms with Crippen LogP contribution in [0.3, 0.4) is 0 Å². The van der Waals surface area contributed by atoms with Gasteiger partial charge in [0.05, 0.1) is 22.5 Å². The fraction of sp³-hybridized carbons (Fsp3) is 0.200. The number of benzene rings is 1. The van der Waals surface area contributed by atoms with E-state index in [4.69, 9.17) is 0 Å². The van der Waals surface area contributed by atoms with E-state index < -0.39 is 4.92 Å². The summed E-state index contributed by atoms with van der Waals surface area (Å²) in [6.07, 6.45) is 1.24. The van der Waals surface area contributed by atoms with Crippen LogP contribution in [0.1, 0.15) is 11.4 Å². The predicted octanol–water partition coefficient (Wildman–Crippen LogP) is 2.80. The minimum Gasteiger partial charge on any atom is -0.363 e. The summed E-state index contributed by atoms with van der Waals surface area (Å²) >= 11 is 0. The van der Waals surface area contributed by atoms with Gasteiger partial charge in [0, 0.05) is 13.1 Å². The lowest BCUT2D eigenvalue weighted by molar-refractivity contribution is -0.385. The molecule has 0 fully saturated rings. The highest BCUT2D eigenvalue weighted by Crippen LogP contribution is 2.18. The van der Waals surface area contributed by atoms with Gasteiger partial charge < -0.3 is 9.88 Å². The van der Waals surface area contributed by atoms with Gasteiger partial charge in [-0.05, 0) is 30.7 Å². The van der Waals surface area contributed by atoms with Crippen LogP contribution in [-0.4, -0.2) is 19.5 Å². The molecule has 0 atom stereocenters. The second kappa shape index (κ2) is 5.44. The van der Waals surface area contributed by atoms with Gasteiger partial charge in [0.15, 0.2) is 0 Å². The Bertz CT molecular complexity index is 839. The fourth-order valence-electron chi connectivity index (χ4n) is 2.29. The maximum Gasteiger partial charge on any atom is 0.287 e. The second-order valence-corrected chi connectivity index (χ2v) is 5.09. The van der Waals surface area contributed by atoms with Crippen molar-refractivity contribution in [1.29, 1.82) is 0 Å². The van der Waals surface area contributed by atoms with E-state index in [1.54, 1.807) is 6.07 Å². The number of hydrogen-bond acceptors (Lipinski definition) is 5. The molecule has 0 spiro atoms. The summed E-state index contributed by atoms with van der Waals surface area (Å²) in [7, 11) is 1.96. The lowest BCUT2D eigenvalue weighted by Crippen LogP contribution is -2.07. The van der Waals surface area contributed by atoms with E-state index in [-0.39, 0.29) is 5.69 Å². The van der Waals surface area contributed by atoms with Crippen molar-refractivity contribution in [2.45, 2.75) is 13.5 Å². The molecule has 7 nitrogen and oxygen atoms in total. The van der Waals surface area contributed by atoms with Crippen molar-refractivity contribution in [2.24, 2.45) is 7.05 Å². The van der Waals surface area contributed by atoms with Gasteiger partial charge in [0.1, 0.15) is 17.8 Å². The Morgan fingerprint density at radius 3 is 2.82 bits per heavy atom. The number of rotatable bonds is 4. The molecule has 22 heavy (non-hydrogen) atoms. The van der Waals surface area contributed by atoms with Crippen LogP contribution < -0.4 is 5.32 Å². The van der Waals surface area contributed by atoms with Gasteiger partial charge in [-0.3, -0.25) is 10.1 Å².